The number of carbonyl (C=O) groups is 2. The number of ether oxygens (including phenoxy) is 2. The van der Waals surface area contributed by atoms with Gasteiger partial charge in [-0.3, -0.25) is 9.59 Å². The zero-order chi connectivity index (χ0) is 19.9. The van der Waals surface area contributed by atoms with Crippen LogP contribution in [0.5, 0.6) is 5.75 Å². The summed E-state index contributed by atoms with van der Waals surface area (Å²) < 4.78 is 11.5. The lowest BCUT2D eigenvalue weighted by Crippen LogP contribution is -2.31. The van der Waals surface area contributed by atoms with Gasteiger partial charge >= 0.3 is 5.97 Å². The molecule has 10 nitrogen and oxygen atoms in total. The monoisotopic (exact) mass is 402 g/mol. The Balaban J connectivity index is 1.70. The molecule has 1 amide bonds. The summed E-state index contributed by atoms with van der Waals surface area (Å²) in [5, 5.41) is 11.3. The Morgan fingerprint density at radius 1 is 1.21 bits per heavy atom. The molecule has 11 heteroatoms. The molecule has 2 aromatic heterocycles. The molecule has 0 aliphatic rings. The van der Waals surface area contributed by atoms with Crippen LogP contribution < -0.4 is 10.1 Å². The van der Waals surface area contributed by atoms with E-state index in [-0.39, 0.29) is 24.8 Å². The third kappa shape index (κ3) is 4.55. The van der Waals surface area contributed by atoms with Gasteiger partial charge in [0.15, 0.2) is 11.2 Å². The van der Waals surface area contributed by atoms with Crippen molar-refractivity contribution in [3.8, 4) is 11.4 Å². The predicted octanol–water partition coefficient (Wildman–Crippen LogP) is 0.990. The molecule has 3 aromatic rings. The number of amides is 1. The van der Waals surface area contributed by atoms with Gasteiger partial charge in [0.1, 0.15) is 23.6 Å². The number of fused-ring (bicyclic) bond motifs is 1. The molecule has 0 saturated heterocycles. The van der Waals surface area contributed by atoms with Gasteiger partial charge in [0.25, 0.3) is 0 Å². The Morgan fingerprint density at radius 2 is 2.00 bits per heavy atom. The number of hydrogen-bond acceptors (Lipinski definition) is 9. The van der Waals surface area contributed by atoms with Crippen LogP contribution in [0.15, 0.2) is 35.6 Å². The molecule has 3 rings (SSSR count). The highest BCUT2D eigenvalue weighted by Crippen LogP contribution is 2.24. The van der Waals surface area contributed by atoms with E-state index in [0.29, 0.717) is 16.2 Å². The van der Waals surface area contributed by atoms with Crippen LogP contribution in [0.25, 0.3) is 16.9 Å². The van der Waals surface area contributed by atoms with Gasteiger partial charge in [-0.25, -0.2) is 9.97 Å². The van der Waals surface area contributed by atoms with E-state index < -0.39 is 5.97 Å². The molecule has 0 bridgehead atoms. The minimum absolute atomic E-state index is 0.0704. The first-order valence-electron chi connectivity index (χ1n) is 8.38. The van der Waals surface area contributed by atoms with Gasteiger partial charge in [-0.05, 0) is 31.2 Å². The van der Waals surface area contributed by atoms with Crippen LogP contribution in [0.4, 0.5) is 0 Å². The molecule has 0 radical (unpaired) electrons. The molecule has 1 aromatic carbocycles. The van der Waals surface area contributed by atoms with Crippen molar-refractivity contribution in [3.63, 3.8) is 0 Å². The van der Waals surface area contributed by atoms with E-state index in [4.69, 9.17) is 9.47 Å². The second kappa shape index (κ2) is 9.13. The summed E-state index contributed by atoms with van der Waals surface area (Å²) in [6.45, 7) is 1.81. The molecule has 146 valence electrons. The first kappa shape index (κ1) is 19.5. The normalized spacial score (nSPS) is 10.6. The predicted molar refractivity (Wildman–Crippen MR) is 101 cm³/mol. The number of methoxy groups -OCH3 is 1. The Kier molecular flexibility index (Phi) is 6.37. The number of aromatic nitrogens is 5. The third-order valence-corrected chi connectivity index (χ3v) is 4.58. The molecule has 0 spiro atoms. The average Bonchev–Trinajstić information content (AvgIpc) is 3.15. The molecule has 0 unspecified atom stereocenters. The lowest BCUT2D eigenvalue weighted by atomic mass is 10.3. The highest BCUT2D eigenvalue weighted by molar-refractivity contribution is 8.00. The summed E-state index contributed by atoms with van der Waals surface area (Å²) >= 11 is 1.19. The molecular weight excluding hydrogens is 384 g/mol. The quantitative estimate of drug-likeness (QED) is 0.334. The van der Waals surface area contributed by atoms with Crippen LogP contribution in [0.2, 0.25) is 0 Å². The van der Waals surface area contributed by atoms with E-state index >= 15 is 0 Å². The second-order valence-corrected chi connectivity index (χ2v) is 6.38. The number of hydrogen-bond donors (Lipinski definition) is 1. The first-order valence-corrected chi connectivity index (χ1v) is 9.37. The molecule has 2 heterocycles. The van der Waals surface area contributed by atoms with Gasteiger partial charge < -0.3 is 14.8 Å². The highest BCUT2D eigenvalue weighted by Gasteiger charge is 2.15. The van der Waals surface area contributed by atoms with Crippen LogP contribution in [0.3, 0.4) is 0 Å². The van der Waals surface area contributed by atoms with Gasteiger partial charge in [0.05, 0.1) is 25.2 Å². The molecule has 28 heavy (non-hydrogen) atoms. The fourth-order valence-corrected chi connectivity index (χ4v) is 3.06. The maximum atomic E-state index is 11.9. The van der Waals surface area contributed by atoms with Crippen molar-refractivity contribution in [2.24, 2.45) is 0 Å². The molecule has 0 saturated carbocycles. The molecular formula is C17H18N6O4S. The zero-order valence-electron chi connectivity index (χ0n) is 15.3. The van der Waals surface area contributed by atoms with Crippen LogP contribution in [-0.4, -0.2) is 62.9 Å². The van der Waals surface area contributed by atoms with Crippen LogP contribution in [0, 0.1) is 0 Å². The number of esters is 1. The fraction of sp³-hybridized carbons (Fsp3) is 0.294. The molecule has 0 atom stereocenters. The summed E-state index contributed by atoms with van der Waals surface area (Å²) in [7, 11) is 1.60. The number of carbonyl (C=O) groups excluding carboxylic acids is 2. The minimum atomic E-state index is -0.479. The van der Waals surface area contributed by atoms with E-state index in [2.05, 4.69) is 25.6 Å². The lowest BCUT2D eigenvalue weighted by molar-refractivity contribution is -0.143. The Labute approximate surface area is 164 Å². The standard InChI is InChI=1S/C17H18N6O4S/c1-3-27-14(25)8-18-13(24)9-28-17-15-16(19-10-20-17)23(22-21-15)11-4-6-12(26-2)7-5-11/h4-7,10H,3,8-9H2,1-2H3,(H,18,24). The van der Waals surface area contributed by atoms with Crippen molar-refractivity contribution in [1.82, 2.24) is 30.3 Å². The Hall–Kier alpha value is -3.21. The third-order valence-electron chi connectivity index (χ3n) is 3.60. The zero-order valence-corrected chi connectivity index (χ0v) is 16.1. The SMILES string of the molecule is CCOC(=O)CNC(=O)CSc1ncnc2c1nnn2-c1ccc(OC)cc1. The number of nitrogens with zero attached hydrogens (tertiary/aromatic N) is 5. The van der Waals surface area contributed by atoms with E-state index in [9.17, 15) is 9.59 Å². The van der Waals surface area contributed by atoms with Gasteiger partial charge in [-0.1, -0.05) is 17.0 Å². The van der Waals surface area contributed by atoms with Crippen LogP contribution in [0.1, 0.15) is 6.92 Å². The van der Waals surface area contributed by atoms with Gasteiger partial charge in [0.2, 0.25) is 5.91 Å². The topological polar surface area (TPSA) is 121 Å². The van der Waals surface area contributed by atoms with Crippen molar-refractivity contribution < 1.29 is 19.1 Å². The maximum Gasteiger partial charge on any atom is 0.325 e. The number of rotatable bonds is 8. The van der Waals surface area contributed by atoms with Gasteiger partial charge in [-0.15, -0.1) is 5.10 Å². The minimum Gasteiger partial charge on any atom is -0.497 e. The van der Waals surface area contributed by atoms with E-state index in [1.807, 2.05) is 24.3 Å². The van der Waals surface area contributed by atoms with E-state index in [1.54, 1.807) is 18.7 Å². The van der Waals surface area contributed by atoms with Crippen molar-refractivity contribution in [2.75, 3.05) is 26.0 Å². The van der Waals surface area contributed by atoms with Crippen molar-refractivity contribution in [3.05, 3.63) is 30.6 Å². The second-order valence-electron chi connectivity index (χ2n) is 5.42. The van der Waals surface area contributed by atoms with Crippen LogP contribution in [-0.2, 0) is 14.3 Å². The summed E-state index contributed by atoms with van der Waals surface area (Å²) in [6, 6.07) is 7.30. The summed E-state index contributed by atoms with van der Waals surface area (Å²) in [4.78, 5) is 31.6. The van der Waals surface area contributed by atoms with Gasteiger partial charge in [-0.2, -0.15) is 4.68 Å². The van der Waals surface area contributed by atoms with Crippen molar-refractivity contribution in [2.45, 2.75) is 11.9 Å². The van der Waals surface area contributed by atoms with E-state index in [1.165, 1.54) is 18.1 Å². The van der Waals surface area contributed by atoms with E-state index in [0.717, 1.165) is 11.4 Å². The van der Waals surface area contributed by atoms with Gasteiger partial charge in [0, 0.05) is 0 Å². The lowest BCUT2D eigenvalue weighted by Gasteiger charge is -2.05. The summed E-state index contributed by atoms with van der Waals surface area (Å²) in [5.74, 6) is 0.00826. The number of thioether (sulfide) groups is 1. The number of nitrogens with one attached hydrogen (secondary N) is 1. The van der Waals surface area contributed by atoms with Crippen molar-refractivity contribution in [1.29, 1.82) is 0 Å². The molecule has 0 aliphatic heterocycles. The fourth-order valence-electron chi connectivity index (χ4n) is 2.30. The molecule has 0 fully saturated rings. The first-order chi connectivity index (χ1) is 13.6. The molecule has 1 N–H and O–H groups in total. The summed E-state index contributed by atoms with van der Waals surface area (Å²) in [5.41, 5.74) is 1.78. The van der Waals surface area contributed by atoms with Crippen molar-refractivity contribution >= 4 is 34.8 Å². The van der Waals surface area contributed by atoms with Crippen LogP contribution >= 0.6 is 11.8 Å². The smallest absolute Gasteiger partial charge is 0.325 e. The number of benzene rings is 1. The summed E-state index contributed by atoms with van der Waals surface area (Å²) in [6.07, 6.45) is 1.39. The maximum absolute atomic E-state index is 11.9. The Bertz CT molecular complexity index is 975. The Morgan fingerprint density at radius 3 is 2.71 bits per heavy atom. The highest BCUT2D eigenvalue weighted by atomic mass is 32.2. The largest absolute Gasteiger partial charge is 0.497 e. The average molecular weight is 402 g/mol. The molecule has 0 aliphatic carbocycles.